The molecule has 1 fully saturated rings. The van der Waals surface area contributed by atoms with Gasteiger partial charge in [0.05, 0.1) is 0 Å². The van der Waals surface area contributed by atoms with Crippen molar-refractivity contribution in [3.63, 3.8) is 0 Å². The summed E-state index contributed by atoms with van der Waals surface area (Å²) >= 11 is 0. The smallest absolute Gasteiger partial charge is 0.227 e. The first-order valence-corrected chi connectivity index (χ1v) is 7.92. The minimum atomic E-state index is 0.848. The second-order valence-corrected chi connectivity index (χ2v) is 6.11. The molecule has 112 valence electrons. The summed E-state index contributed by atoms with van der Waals surface area (Å²) in [5.41, 5.74) is 1.06. The minimum absolute atomic E-state index is 0.848. The van der Waals surface area contributed by atoms with Crippen molar-refractivity contribution in [3.05, 3.63) is 11.8 Å². The molecular formula is C16H28N4. The van der Waals surface area contributed by atoms with E-state index in [9.17, 15) is 0 Å². The number of aryl methyl sites for hydroxylation is 1. The Morgan fingerprint density at radius 3 is 2.65 bits per heavy atom. The predicted molar refractivity (Wildman–Crippen MR) is 85.6 cm³/mol. The fourth-order valence-electron chi connectivity index (χ4n) is 2.60. The van der Waals surface area contributed by atoms with E-state index in [-0.39, 0.29) is 0 Å². The van der Waals surface area contributed by atoms with Crippen molar-refractivity contribution in [2.75, 3.05) is 36.5 Å². The number of nitrogens with zero attached hydrogens (tertiary/aromatic N) is 4. The molecule has 0 N–H and O–H groups in total. The molecule has 2 rings (SSSR count). The lowest BCUT2D eigenvalue weighted by atomic mass is 9.99. The van der Waals surface area contributed by atoms with Crippen LogP contribution in [0.4, 0.5) is 11.8 Å². The Balaban J connectivity index is 2.11. The van der Waals surface area contributed by atoms with Crippen LogP contribution in [0.2, 0.25) is 0 Å². The third-order valence-corrected chi connectivity index (χ3v) is 4.13. The number of anilines is 2. The highest BCUT2D eigenvalue weighted by Gasteiger charge is 2.18. The zero-order chi connectivity index (χ0) is 14.5. The van der Waals surface area contributed by atoms with Crippen LogP contribution in [0.1, 0.15) is 45.2 Å². The van der Waals surface area contributed by atoms with Gasteiger partial charge in [0.2, 0.25) is 5.95 Å². The van der Waals surface area contributed by atoms with E-state index in [2.05, 4.69) is 48.7 Å². The SMILES string of the molecule is CCCCN(C)c1nc(C)cc(N2CCC(C)CC2)n1. The van der Waals surface area contributed by atoms with E-state index in [0.717, 1.165) is 43.0 Å². The first-order valence-electron chi connectivity index (χ1n) is 7.92. The van der Waals surface area contributed by atoms with Gasteiger partial charge in [-0.1, -0.05) is 20.3 Å². The van der Waals surface area contributed by atoms with Crippen LogP contribution >= 0.6 is 0 Å². The van der Waals surface area contributed by atoms with Gasteiger partial charge in [0.15, 0.2) is 0 Å². The van der Waals surface area contributed by atoms with Crippen LogP contribution in [0.5, 0.6) is 0 Å². The molecule has 4 nitrogen and oxygen atoms in total. The van der Waals surface area contributed by atoms with Gasteiger partial charge in [0, 0.05) is 38.4 Å². The van der Waals surface area contributed by atoms with Gasteiger partial charge in [-0.3, -0.25) is 0 Å². The van der Waals surface area contributed by atoms with Crippen LogP contribution in [0, 0.1) is 12.8 Å². The van der Waals surface area contributed by atoms with Crippen molar-refractivity contribution in [3.8, 4) is 0 Å². The highest BCUT2D eigenvalue weighted by molar-refractivity contribution is 5.45. The molecule has 4 heteroatoms. The Morgan fingerprint density at radius 2 is 2.00 bits per heavy atom. The quantitative estimate of drug-likeness (QED) is 0.826. The van der Waals surface area contributed by atoms with E-state index < -0.39 is 0 Å². The van der Waals surface area contributed by atoms with Crippen molar-refractivity contribution < 1.29 is 0 Å². The second kappa shape index (κ2) is 6.91. The highest BCUT2D eigenvalue weighted by Crippen LogP contribution is 2.23. The average Bonchev–Trinajstić information content (AvgIpc) is 2.44. The molecule has 0 aromatic carbocycles. The van der Waals surface area contributed by atoms with Gasteiger partial charge < -0.3 is 9.80 Å². The summed E-state index contributed by atoms with van der Waals surface area (Å²) < 4.78 is 0. The maximum Gasteiger partial charge on any atom is 0.227 e. The molecule has 0 aliphatic carbocycles. The fourth-order valence-corrected chi connectivity index (χ4v) is 2.60. The Bertz CT molecular complexity index is 424. The van der Waals surface area contributed by atoms with Crippen molar-refractivity contribution in [1.82, 2.24) is 9.97 Å². The summed E-state index contributed by atoms with van der Waals surface area (Å²) in [5.74, 6) is 2.82. The first-order chi connectivity index (χ1) is 9.60. The topological polar surface area (TPSA) is 32.3 Å². The summed E-state index contributed by atoms with van der Waals surface area (Å²) in [7, 11) is 2.09. The second-order valence-electron chi connectivity index (χ2n) is 6.11. The molecule has 0 spiro atoms. The Morgan fingerprint density at radius 1 is 1.30 bits per heavy atom. The van der Waals surface area contributed by atoms with Gasteiger partial charge in [-0.15, -0.1) is 0 Å². The molecule has 1 aliphatic rings. The molecule has 1 aromatic heterocycles. The van der Waals surface area contributed by atoms with Crippen LogP contribution < -0.4 is 9.80 Å². The lowest BCUT2D eigenvalue weighted by Gasteiger charge is -2.32. The maximum absolute atomic E-state index is 4.78. The number of rotatable bonds is 5. The van der Waals surface area contributed by atoms with Gasteiger partial charge in [0.25, 0.3) is 0 Å². The lowest BCUT2D eigenvalue weighted by molar-refractivity contribution is 0.436. The lowest BCUT2D eigenvalue weighted by Crippen LogP contribution is -2.34. The Hall–Kier alpha value is -1.32. The summed E-state index contributed by atoms with van der Waals surface area (Å²) in [6.07, 6.45) is 4.92. The van der Waals surface area contributed by atoms with Gasteiger partial charge in [-0.05, 0) is 32.1 Å². The molecule has 0 saturated carbocycles. The number of unbranched alkanes of at least 4 members (excludes halogenated alkanes) is 1. The molecule has 0 unspecified atom stereocenters. The van der Waals surface area contributed by atoms with Crippen LogP contribution in [0.15, 0.2) is 6.07 Å². The van der Waals surface area contributed by atoms with E-state index in [4.69, 9.17) is 4.98 Å². The average molecular weight is 276 g/mol. The van der Waals surface area contributed by atoms with Gasteiger partial charge in [0.1, 0.15) is 5.82 Å². The minimum Gasteiger partial charge on any atom is -0.356 e. The van der Waals surface area contributed by atoms with Crippen molar-refractivity contribution in [2.24, 2.45) is 5.92 Å². The van der Waals surface area contributed by atoms with Gasteiger partial charge in [-0.25, -0.2) is 4.98 Å². The van der Waals surface area contributed by atoms with Crippen LogP contribution in [0.3, 0.4) is 0 Å². The van der Waals surface area contributed by atoms with Crippen LogP contribution in [-0.4, -0.2) is 36.6 Å². The van der Waals surface area contributed by atoms with Crippen molar-refractivity contribution in [1.29, 1.82) is 0 Å². The van der Waals surface area contributed by atoms with E-state index in [1.165, 1.54) is 25.7 Å². The van der Waals surface area contributed by atoms with Gasteiger partial charge in [-0.2, -0.15) is 4.98 Å². The summed E-state index contributed by atoms with van der Waals surface area (Å²) in [6, 6.07) is 2.12. The molecule has 0 bridgehead atoms. The molecule has 0 amide bonds. The molecular weight excluding hydrogens is 248 g/mol. The zero-order valence-corrected chi connectivity index (χ0v) is 13.4. The molecule has 0 radical (unpaired) electrons. The summed E-state index contributed by atoms with van der Waals surface area (Å²) in [4.78, 5) is 13.9. The monoisotopic (exact) mass is 276 g/mol. The predicted octanol–water partition coefficient (Wildman–Crippen LogP) is 3.26. The number of piperidine rings is 1. The third-order valence-electron chi connectivity index (χ3n) is 4.13. The first kappa shape index (κ1) is 15.1. The van der Waals surface area contributed by atoms with Crippen LogP contribution in [0.25, 0.3) is 0 Å². The number of hydrogen-bond acceptors (Lipinski definition) is 4. The molecule has 1 aromatic rings. The standard InChI is InChI=1S/C16H28N4/c1-5-6-9-19(4)16-17-14(3)12-15(18-16)20-10-7-13(2)8-11-20/h12-13H,5-11H2,1-4H3. The largest absolute Gasteiger partial charge is 0.356 e. The van der Waals surface area contributed by atoms with E-state index >= 15 is 0 Å². The van der Waals surface area contributed by atoms with E-state index in [1.54, 1.807) is 0 Å². The summed E-state index contributed by atoms with van der Waals surface area (Å²) in [5, 5.41) is 0. The van der Waals surface area contributed by atoms with Crippen molar-refractivity contribution >= 4 is 11.8 Å². The maximum atomic E-state index is 4.78. The highest BCUT2D eigenvalue weighted by atomic mass is 15.3. The number of aromatic nitrogens is 2. The summed E-state index contributed by atoms with van der Waals surface area (Å²) in [6.45, 7) is 9.88. The van der Waals surface area contributed by atoms with E-state index in [1.807, 2.05) is 0 Å². The fraction of sp³-hybridized carbons (Fsp3) is 0.750. The molecule has 2 heterocycles. The molecule has 1 saturated heterocycles. The van der Waals surface area contributed by atoms with Crippen molar-refractivity contribution in [2.45, 2.75) is 46.5 Å². The van der Waals surface area contributed by atoms with E-state index in [0.29, 0.717) is 0 Å². The molecule has 20 heavy (non-hydrogen) atoms. The molecule has 1 aliphatic heterocycles. The number of hydrogen-bond donors (Lipinski definition) is 0. The normalized spacial score (nSPS) is 16.5. The Labute approximate surface area is 123 Å². The zero-order valence-electron chi connectivity index (χ0n) is 13.4. The van der Waals surface area contributed by atoms with Crippen LogP contribution in [-0.2, 0) is 0 Å². The third kappa shape index (κ3) is 3.84. The Kier molecular flexibility index (Phi) is 5.21. The van der Waals surface area contributed by atoms with Gasteiger partial charge >= 0.3 is 0 Å². The molecule has 0 atom stereocenters.